The van der Waals surface area contributed by atoms with Crippen LogP contribution in [0.15, 0.2) is 24.4 Å². The number of fused-ring (bicyclic) bond motifs is 1. The first kappa shape index (κ1) is 18.4. The van der Waals surface area contributed by atoms with Crippen molar-refractivity contribution in [3.8, 4) is 5.69 Å². The molecule has 0 aliphatic rings. The molecule has 4 heteroatoms. The van der Waals surface area contributed by atoms with Crippen molar-refractivity contribution in [1.29, 1.82) is 0 Å². The van der Waals surface area contributed by atoms with Crippen LogP contribution in [0, 0.1) is 27.7 Å². The molecule has 0 unspecified atom stereocenters. The van der Waals surface area contributed by atoms with E-state index in [1.165, 1.54) is 35.2 Å². The SMILES string of the molecule is CCCCN(CC)c1nc(C)nc2c1ccn2-c1c(C)cc(C)cc1C. The third-order valence-corrected chi connectivity index (χ3v) is 4.97. The summed E-state index contributed by atoms with van der Waals surface area (Å²) in [6.45, 7) is 14.9. The highest BCUT2D eigenvalue weighted by atomic mass is 15.2. The second-order valence-electron chi connectivity index (χ2n) is 7.20. The molecular weight excluding hydrogens is 320 g/mol. The minimum atomic E-state index is 0.824. The molecule has 26 heavy (non-hydrogen) atoms. The van der Waals surface area contributed by atoms with Crippen molar-refractivity contribution in [3.63, 3.8) is 0 Å². The van der Waals surface area contributed by atoms with Crippen LogP contribution in [0.5, 0.6) is 0 Å². The number of unbranched alkanes of at least 4 members (excludes halogenated alkanes) is 1. The van der Waals surface area contributed by atoms with E-state index in [-0.39, 0.29) is 0 Å². The van der Waals surface area contributed by atoms with E-state index in [1.54, 1.807) is 0 Å². The van der Waals surface area contributed by atoms with Gasteiger partial charge in [-0.2, -0.15) is 0 Å². The standard InChI is InChI=1S/C22H30N4/c1-7-9-11-25(8-2)21-19-10-12-26(22(19)24-18(6)23-21)20-16(4)13-15(3)14-17(20)5/h10,12-14H,7-9,11H2,1-6H3. The molecule has 0 N–H and O–H groups in total. The third-order valence-electron chi connectivity index (χ3n) is 4.97. The maximum absolute atomic E-state index is 4.80. The number of hydrogen-bond acceptors (Lipinski definition) is 3. The van der Waals surface area contributed by atoms with E-state index in [1.807, 2.05) is 6.92 Å². The number of anilines is 1. The molecule has 138 valence electrons. The molecule has 0 amide bonds. The van der Waals surface area contributed by atoms with Crippen molar-refractivity contribution in [3.05, 3.63) is 46.9 Å². The quantitative estimate of drug-likeness (QED) is 0.606. The molecule has 0 saturated heterocycles. The summed E-state index contributed by atoms with van der Waals surface area (Å²) in [5, 5.41) is 1.13. The lowest BCUT2D eigenvalue weighted by Crippen LogP contribution is -2.25. The second-order valence-corrected chi connectivity index (χ2v) is 7.20. The van der Waals surface area contributed by atoms with Crippen LogP contribution in [-0.2, 0) is 0 Å². The molecule has 0 atom stereocenters. The number of aromatic nitrogens is 3. The number of nitrogens with zero attached hydrogens (tertiary/aromatic N) is 4. The Morgan fingerprint density at radius 3 is 2.31 bits per heavy atom. The van der Waals surface area contributed by atoms with Crippen LogP contribution in [0.25, 0.3) is 16.7 Å². The van der Waals surface area contributed by atoms with Crippen LogP contribution in [-0.4, -0.2) is 27.6 Å². The van der Waals surface area contributed by atoms with E-state index in [4.69, 9.17) is 9.97 Å². The number of hydrogen-bond donors (Lipinski definition) is 0. The molecule has 0 fully saturated rings. The Kier molecular flexibility index (Phi) is 5.30. The fourth-order valence-corrected chi connectivity index (χ4v) is 3.84. The first-order chi connectivity index (χ1) is 12.5. The highest BCUT2D eigenvalue weighted by Crippen LogP contribution is 2.30. The van der Waals surface area contributed by atoms with Crippen molar-refractivity contribution in [2.75, 3.05) is 18.0 Å². The topological polar surface area (TPSA) is 34.0 Å². The van der Waals surface area contributed by atoms with Crippen LogP contribution in [0.1, 0.15) is 49.2 Å². The zero-order valence-corrected chi connectivity index (χ0v) is 16.9. The van der Waals surface area contributed by atoms with Gasteiger partial charge >= 0.3 is 0 Å². The average Bonchev–Trinajstić information content (AvgIpc) is 2.98. The lowest BCUT2D eigenvalue weighted by Gasteiger charge is -2.23. The predicted molar refractivity (Wildman–Crippen MR) is 111 cm³/mol. The monoisotopic (exact) mass is 350 g/mol. The zero-order valence-electron chi connectivity index (χ0n) is 16.9. The van der Waals surface area contributed by atoms with Gasteiger partial charge in [0.05, 0.1) is 11.1 Å². The smallest absolute Gasteiger partial charge is 0.150 e. The van der Waals surface area contributed by atoms with Gasteiger partial charge in [-0.3, -0.25) is 0 Å². The van der Waals surface area contributed by atoms with Gasteiger partial charge in [0.2, 0.25) is 0 Å². The first-order valence-corrected chi connectivity index (χ1v) is 9.65. The van der Waals surface area contributed by atoms with E-state index in [0.29, 0.717) is 0 Å². The van der Waals surface area contributed by atoms with Gasteiger partial charge in [-0.25, -0.2) is 9.97 Å². The Balaban J connectivity index is 2.20. The predicted octanol–water partition coefficient (Wildman–Crippen LogP) is 5.28. The summed E-state index contributed by atoms with van der Waals surface area (Å²) < 4.78 is 2.23. The Morgan fingerprint density at radius 1 is 1.00 bits per heavy atom. The highest BCUT2D eigenvalue weighted by Gasteiger charge is 2.17. The van der Waals surface area contributed by atoms with Crippen molar-refractivity contribution in [2.45, 2.75) is 54.4 Å². The minimum absolute atomic E-state index is 0.824. The van der Waals surface area contributed by atoms with Crippen LogP contribution in [0.2, 0.25) is 0 Å². The molecule has 4 nitrogen and oxygen atoms in total. The molecule has 0 spiro atoms. The summed E-state index contributed by atoms with van der Waals surface area (Å²) >= 11 is 0. The highest BCUT2D eigenvalue weighted by molar-refractivity contribution is 5.89. The van der Waals surface area contributed by atoms with Gasteiger partial charge in [0, 0.05) is 19.3 Å². The fraction of sp³-hybridized carbons (Fsp3) is 0.455. The number of benzene rings is 1. The normalized spacial score (nSPS) is 11.3. The van der Waals surface area contributed by atoms with E-state index in [9.17, 15) is 0 Å². The van der Waals surface area contributed by atoms with Crippen molar-refractivity contribution < 1.29 is 0 Å². The molecule has 0 aliphatic carbocycles. The van der Waals surface area contributed by atoms with Crippen LogP contribution < -0.4 is 4.90 Å². The fourth-order valence-electron chi connectivity index (χ4n) is 3.84. The third kappa shape index (κ3) is 3.33. The molecule has 1 aromatic carbocycles. The Labute approximate surface area is 156 Å². The molecule has 0 bridgehead atoms. The van der Waals surface area contributed by atoms with Gasteiger partial charge < -0.3 is 9.47 Å². The van der Waals surface area contributed by atoms with Gasteiger partial charge in [-0.05, 0) is 58.2 Å². The largest absolute Gasteiger partial charge is 0.356 e. The van der Waals surface area contributed by atoms with Crippen LogP contribution >= 0.6 is 0 Å². The molecule has 2 aromatic heterocycles. The van der Waals surface area contributed by atoms with Crippen molar-refractivity contribution in [2.24, 2.45) is 0 Å². The lowest BCUT2D eigenvalue weighted by molar-refractivity contribution is 0.724. The van der Waals surface area contributed by atoms with Crippen molar-refractivity contribution in [1.82, 2.24) is 14.5 Å². The summed E-state index contributed by atoms with van der Waals surface area (Å²) in [4.78, 5) is 12.0. The second kappa shape index (κ2) is 7.48. The van der Waals surface area contributed by atoms with Gasteiger partial charge in [-0.15, -0.1) is 0 Å². The van der Waals surface area contributed by atoms with Gasteiger partial charge in [0.1, 0.15) is 17.3 Å². The zero-order chi connectivity index (χ0) is 18.8. The molecule has 0 aliphatic heterocycles. The molecule has 3 aromatic rings. The Morgan fingerprint density at radius 2 is 1.69 bits per heavy atom. The summed E-state index contributed by atoms with van der Waals surface area (Å²) in [5.74, 6) is 1.88. The van der Waals surface area contributed by atoms with Gasteiger partial charge in [0.15, 0.2) is 0 Å². The van der Waals surface area contributed by atoms with E-state index >= 15 is 0 Å². The van der Waals surface area contributed by atoms with Crippen LogP contribution in [0.3, 0.4) is 0 Å². The summed E-state index contributed by atoms with van der Waals surface area (Å²) in [7, 11) is 0. The average molecular weight is 351 g/mol. The molecule has 0 radical (unpaired) electrons. The van der Waals surface area contributed by atoms with E-state index < -0.39 is 0 Å². The minimum Gasteiger partial charge on any atom is -0.356 e. The Hall–Kier alpha value is -2.36. The van der Waals surface area contributed by atoms with Crippen LogP contribution in [0.4, 0.5) is 5.82 Å². The maximum Gasteiger partial charge on any atom is 0.150 e. The number of aryl methyl sites for hydroxylation is 4. The number of rotatable bonds is 6. The van der Waals surface area contributed by atoms with Gasteiger partial charge in [0.25, 0.3) is 0 Å². The first-order valence-electron chi connectivity index (χ1n) is 9.65. The Bertz CT molecular complexity index is 900. The molecular formula is C22H30N4. The summed E-state index contributed by atoms with van der Waals surface area (Å²) in [5.41, 5.74) is 6.07. The van der Waals surface area contributed by atoms with Crippen molar-refractivity contribution >= 4 is 16.9 Å². The summed E-state index contributed by atoms with van der Waals surface area (Å²) in [6, 6.07) is 6.64. The molecule has 3 rings (SSSR count). The summed E-state index contributed by atoms with van der Waals surface area (Å²) in [6.07, 6.45) is 4.50. The van der Waals surface area contributed by atoms with E-state index in [2.05, 4.69) is 68.5 Å². The maximum atomic E-state index is 4.80. The van der Waals surface area contributed by atoms with E-state index in [0.717, 1.165) is 35.8 Å². The lowest BCUT2D eigenvalue weighted by atomic mass is 10.1. The van der Waals surface area contributed by atoms with Gasteiger partial charge in [-0.1, -0.05) is 31.0 Å². The molecule has 2 heterocycles. The molecule has 0 saturated carbocycles.